The molecule has 1 amide bonds. The topological polar surface area (TPSA) is 92.2 Å². The number of aliphatic carboxylic acids is 1. The number of carboxylic acid groups (broad SMARTS) is 1. The lowest BCUT2D eigenvalue weighted by Gasteiger charge is -2.18. The number of carboxylic acids is 1. The summed E-state index contributed by atoms with van der Waals surface area (Å²) in [6.45, 7) is 4.40. The van der Waals surface area contributed by atoms with Gasteiger partial charge in [-0.05, 0) is 18.9 Å². The number of halogens is 3. The summed E-state index contributed by atoms with van der Waals surface area (Å²) in [4.78, 5) is 29.2. The van der Waals surface area contributed by atoms with Crippen LogP contribution in [0.25, 0.3) is 0 Å². The lowest BCUT2D eigenvalue weighted by Crippen LogP contribution is -2.44. The molecule has 2 N–H and O–H groups in total. The van der Waals surface area contributed by atoms with Crippen molar-refractivity contribution >= 4 is 11.9 Å². The van der Waals surface area contributed by atoms with Gasteiger partial charge in [0, 0.05) is 5.69 Å². The molecule has 0 aliphatic rings. The summed E-state index contributed by atoms with van der Waals surface area (Å²) in [5.41, 5.74) is -0.569. The molecule has 1 atom stereocenters. The molecule has 1 aromatic heterocycles. The molecule has 6 nitrogen and oxygen atoms in total. The fraction of sp³-hybridized carbons (Fsp3) is 0.500. The van der Waals surface area contributed by atoms with Crippen LogP contribution in [0.5, 0.6) is 0 Å². The SMILES string of the molecule is Cc1cc(C(=O)N[C@H](C(=O)O)C(C)C)nc(C(F)(F)F)n1. The van der Waals surface area contributed by atoms with E-state index in [4.69, 9.17) is 5.11 Å². The monoisotopic (exact) mass is 305 g/mol. The van der Waals surface area contributed by atoms with Gasteiger partial charge >= 0.3 is 12.1 Å². The Kier molecular flexibility index (Phi) is 4.87. The molecular formula is C12H14F3N3O3. The second-order valence-electron chi connectivity index (χ2n) is 4.75. The number of carbonyl (C=O) groups is 2. The minimum absolute atomic E-state index is 0.0427. The Balaban J connectivity index is 3.08. The molecule has 0 unspecified atom stereocenters. The van der Waals surface area contributed by atoms with E-state index in [0.717, 1.165) is 6.07 Å². The lowest BCUT2D eigenvalue weighted by molar-refractivity contribution is -0.145. The molecule has 1 rings (SSSR count). The summed E-state index contributed by atoms with van der Waals surface area (Å²) in [6, 6.07) is -0.161. The normalized spacial score (nSPS) is 13.1. The van der Waals surface area contributed by atoms with Gasteiger partial charge in [-0.25, -0.2) is 14.8 Å². The van der Waals surface area contributed by atoms with E-state index in [1.165, 1.54) is 6.92 Å². The largest absolute Gasteiger partial charge is 0.480 e. The molecule has 0 aliphatic heterocycles. The Morgan fingerprint density at radius 1 is 1.29 bits per heavy atom. The molecule has 116 valence electrons. The third-order valence-corrected chi connectivity index (χ3v) is 2.56. The van der Waals surface area contributed by atoms with Crippen LogP contribution in [0.1, 0.15) is 35.9 Å². The number of rotatable bonds is 4. The van der Waals surface area contributed by atoms with Crippen LogP contribution in [0.4, 0.5) is 13.2 Å². The second-order valence-corrected chi connectivity index (χ2v) is 4.75. The van der Waals surface area contributed by atoms with Crippen molar-refractivity contribution in [3.8, 4) is 0 Å². The van der Waals surface area contributed by atoms with E-state index in [1.54, 1.807) is 13.8 Å². The number of hydrogen-bond donors (Lipinski definition) is 2. The highest BCUT2D eigenvalue weighted by molar-refractivity contribution is 5.95. The zero-order valence-electron chi connectivity index (χ0n) is 11.5. The second kappa shape index (κ2) is 6.06. The summed E-state index contributed by atoms with van der Waals surface area (Å²) >= 11 is 0. The molecule has 0 spiro atoms. The van der Waals surface area contributed by atoms with Crippen molar-refractivity contribution in [1.29, 1.82) is 0 Å². The average Bonchev–Trinajstić information content (AvgIpc) is 2.32. The van der Waals surface area contributed by atoms with Gasteiger partial charge < -0.3 is 10.4 Å². The first-order chi connectivity index (χ1) is 9.52. The van der Waals surface area contributed by atoms with Crippen LogP contribution >= 0.6 is 0 Å². The highest BCUT2D eigenvalue weighted by Crippen LogP contribution is 2.26. The first-order valence-electron chi connectivity index (χ1n) is 5.99. The van der Waals surface area contributed by atoms with Crippen molar-refractivity contribution in [1.82, 2.24) is 15.3 Å². The Bertz CT molecular complexity index is 558. The molecule has 0 saturated carbocycles. The molecule has 0 fully saturated rings. The molecule has 1 heterocycles. The van der Waals surface area contributed by atoms with Crippen LogP contribution in [-0.2, 0) is 11.0 Å². The quantitative estimate of drug-likeness (QED) is 0.882. The summed E-state index contributed by atoms with van der Waals surface area (Å²) in [5, 5.41) is 11.1. The van der Waals surface area contributed by atoms with E-state index in [1.807, 2.05) is 0 Å². The number of amides is 1. The molecule has 0 saturated heterocycles. The first-order valence-corrected chi connectivity index (χ1v) is 5.99. The zero-order chi connectivity index (χ0) is 16.4. The predicted octanol–water partition coefficient (Wildman–Crippen LogP) is 1.64. The number of alkyl halides is 3. The van der Waals surface area contributed by atoms with Crippen molar-refractivity contribution in [3.05, 3.63) is 23.3 Å². The highest BCUT2D eigenvalue weighted by atomic mass is 19.4. The van der Waals surface area contributed by atoms with E-state index in [-0.39, 0.29) is 5.69 Å². The summed E-state index contributed by atoms with van der Waals surface area (Å²) in [7, 11) is 0. The van der Waals surface area contributed by atoms with Crippen LogP contribution in [0.3, 0.4) is 0 Å². The Labute approximate surface area is 118 Å². The average molecular weight is 305 g/mol. The van der Waals surface area contributed by atoms with Crippen LogP contribution in [0, 0.1) is 12.8 Å². The third-order valence-electron chi connectivity index (χ3n) is 2.56. The highest BCUT2D eigenvalue weighted by Gasteiger charge is 2.36. The summed E-state index contributed by atoms with van der Waals surface area (Å²) in [6.07, 6.45) is -4.79. The molecule has 0 radical (unpaired) electrons. The van der Waals surface area contributed by atoms with Gasteiger partial charge in [0.05, 0.1) is 0 Å². The Morgan fingerprint density at radius 3 is 2.29 bits per heavy atom. The summed E-state index contributed by atoms with van der Waals surface area (Å²) < 4.78 is 37.7. The maximum Gasteiger partial charge on any atom is 0.451 e. The summed E-state index contributed by atoms with van der Waals surface area (Å²) in [5.74, 6) is -4.15. The van der Waals surface area contributed by atoms with Crippen molar-refractivity contribution in [3.63, 3.8) is 0 Å². The van der Waals surface area contributed by atoms with Crippen molar-refractivity contribution < 1.29 is 27.9 Å². The van der Waals surface area contributed by atoms with Gasteiger partial charge in [-0.1, -0.05) is 13.8 Å². The fourth-order valence-electron chi connectivity index (χ4n) is 1.54. The molecule has 0 bridgehead atoms. The maximum atomic E-state index is 12.6. The lowest BCUT2D eigenvalue weighted by atomic mass is 10.0. The van der Waals surface area contributed by atoms with Crippen LogP contribution in [-0.4, -0.2) is 33.0 Å². The first kappa shape index (κ1) is 16.9. The zero-order valence-corrected chi connectivity index (χ0v) is 11.5. The van der Waals surface area contributed by atoms with Crippen molar-refractivity contribution in [2.45, 2.75) is 33.0 Å². The van der Waals surface area contributed by atoms with Gasteiger partial charge in [-0.15, -0.1) is 0 Å². The van der Waals surface area contributed by atoms with Gasteiger partial charge in [0.15, 0.2) is 0 Å². The minimum atomic E-state index is -4.79. The fourth-order valence-corrected chi connectivity index (χ4v) is 1.54. The number of aromatic nitrogens is 2. The van der Waals surface area contributed by atoms with Crippen LogP contribution in [0.15, 0.2) is 6.07 Å². The number of nitrogens with one attached hydrogen (secondary N) is 1. The van der Waals surface area contributed by atoms with Crippen LogP contribution < -0.4 is 5.32 Å². The van der Waals surface area contributed by atoms with Gasteiger partial charge in [0.1, 0.15) is 11.7 Å². The molecule has 1 aromatic rings. The molecule has 21 heavy (non-hydrogen) atoms. The van der Waals surface area contributed by atoms with Gasteiger partial charge in [0.2, 0.25) is 5.82 Å². The van der Waals surface area contributed by atoms with E-state index < -0.39 is 41.5 Å². The standard InChI is InChI=1S/C12H14F3N3O3/c1-5(2)8(10(20)21)18-9(19)7-4-6(3)16-11(17-7)12(13,14)15/h4-5,8H,1-3H3,(H,18,19)(H,20,21)/t8-/m0/s1. The van der Waals surface area contributed by atoms with E-state index >= 15 is 0 Å². The maximum absolute atomic E-state index is 12.6. The molecule has 0 aromatic carbocycles. The van der Waals surface area contributed by atoms with Gasteiger partial charge in [-0.3, -0.25) is 4.79 Å². The predicted molar refractivity (Wildman–Crippen MR) is 65.5 cm³/mol. The Hall–Kier alpha value is -2.19. The van der Waals surface area contributed by atoms with E-state index in [0.29, 0.717) is 0 Å². The minimum Gasteiger partial charge on any atom is -0.480 e. The third kappa shape index (κ3) is 4.40. The number of hydrogen-bond acceptors (Lipinski definition) is 4. The van der Waals surface area contributed by atoms with Crippen molar-refractivity contribution in [2.75, 3.05) is 0 Å². The number of carbonyl (C=O) groups excluding carboxylic acids is 1. The molecule has 9 heteroatoms. The molecular weight excluding hydrogens is 291 g/mol. The number of nitrogens with zero attached hydrogens (tertiary/aromatic N) is 2. The van der Waals surface area contributed by atoms with Gasteiger partial charge in [0.25, 0.3) is 5.91 Å². The van der Waals surface area contributed by atoms with E-state index in [9.17, 15) is 22.8 Å². The van der Waals surface area contributed by atoms with Crippen LogP contribution in [0.2, 0.25) is 0 Å². The Morgan fingerprint density at radius 2 is 1.86 bits per heavy atom. The van der Waals surface area contributed by atoms with Crippen molar-refractivity contribution in [2.24, 2.45) is 5.92 Å². The smallest absolute Gasteiger partial charge is 0.451 e. The van der Waals surface area contributed by atoms with E-state index in [2.05, 4.69) is 15.3 Å². The number of aryl methyl sites for hydroxylation is 1. The molecule has 0 aliphatic carbocycles. The van der Waals surface area contributed by atoms with Gasteiger partial charge in [-0.2, -0.15) is 13.2 Å².